The van der Waals surface area contributed by atoms with E-state index in [0.29, 0.717) is 13.0 Å². The number of carbonyl (C=O) groups is 1. The van der Waals surface area contributed by atoms with Crippen LogP contribution in [0.3, 0.4) is 0 Å². The largest absolute Gasteiger partial charge is 0.458 e. The van der Waals surface area contributed by atoms with E-state index in [-0.39, 0.29) is 29.6 Å². The van der Waals surface area contributed by atoms with Crippen LogP contribution in [0.25, 0.3) is 0 Å². The summed E-state index contributed by atoms with van der Waals surface area (Å²) in [5.41, 5.74) is 1.19. The van der Waals surface area contributed by atoms with Gasteiger partial charge in [0.15, 0.2) is 0 Å². The fourth-order valence-electron chi connectivity index (χ4n) is 3.15. The van der Waals surface area contributed by atoms with Gasteiger partial charge < -0.3 is 4.74 Å². The summed E-state index contributed by atoms with van der Waals surface area (Å²) in [4.78, 5) is 17.5. The van der Waals surface area contributed by atoms with Gasteiger partial charge in [0.25, 0.3) is 0 Å². The van der Waals surface area contributed by atoms with Gasteiger partial charge in [0.2, 0.25) is 0 Å². The predicted molar refractivity (Wildman–Crippen MR) is 74.6 cm³/mol. The molecular formula is C16H21NO3. The lowest BCUT2D eigenvalue weighted by molar-refractivity contribution is -0.187. The van der Waals surface area contributed by atoms with E-state index in [0.717, 1.165) is 0 Å². The number of hydrogen-bond acceptors (Lipinski definition) is 4. The maximum Gasteiger partial charge on any atom is 0.309 e. The molecule has 0 aliphatic carbocycles. The molecule has 2 aliphatic heterocycles. The van der Waals surface area contributed by atoms with Crippen LogP contribution in [-0.4, -0.2) is 29.3 Å². The zero-order valence-electron chi connectivity index (χ0n) is 12.2. The summed E-state index contributed by atoms with van der Waals surface area (Å²) in [7, 11) is 0. The minimum Gasteiger partial charge on any atom is -0.458 e. The summed E-state index contributed by atoms with van der Waals surface area (Å²) >= 11 is 0. The van der Waals surface area contributed by atoms with E-state index in [9.17, 15) is 4.79 Å². The fourth-order valence-corrected chi connectivity index (χ4v) is 3.15. The second kappa shape index (κ2) is 4.86. The van der Waals surface area contributed by atoms with Crippen LogP contribution in [0.2, 0.25) is 0 Å². The first-order valence-corrected chi connectivity index (χ1v) is 7.12. The van der Waals surface area contributed by atoms with Crippen LogP contribution < -0.4 is 0 Å². The van der Waals surface area contributed by atoms with Crippen molar-refractivity contribution >= 4 is 5.97 Å². The molecule has 0 N–H and O–H groups in total. The maximum atomic E-state index is 11.5. The summed E-state index contributed by atoms with van der Waals surface area (Å²) in [5, 5.41) is 2.00. The minimum atomic E-state index is -0.147. The van der Waals surface area contributed by atoms with E-state index in [2.05, 4.69) is 32.9 Å². The van der Waals surface area contributed by atoms with Gasteiger partial charge in [-0.2, -0.15) is 5.06 Å². The van der Waals surface area contributed by atoms with Crippen molar-refractivity contribution in [3.05, 3.63) is 35.9 Å². The van der Waals surface area contributed by atoms with Crippen LogP contribution in [0.1, 0.15) is 32.8 Å². The van der Waals surface area contributed by atoms with Crippen molar-refractivity contribution in [3.63, 3.8) is 0 Å². The number of carbonyl (C=O) groups excluding carboxylic acids is 1. The van der Waals surface area contributed by atoms with Crippen molar-refractivity contribution < 1.29 is 14.4 Å². The van der Waals surface area contributed by atoms with Gasteiger partial charge >= 0.3 is 5.97 Å². The highest BCUT2D eigenvalue weighted by Crippen LogP contribution is 2.41. The molecule has 0 saturated carbocycles. The Kier molecular flexibility index (Phi) is 3.30. The van der Waals surface area contributed by atoms with Crippen LogP contribution >= 0.6 is 0 Å². The minimum absolute atomic E-state index is 0.0151. The van der Waals surface area contributed by atoms with Crippen LogP contribution in [0, 0.1) is 5.41 Å². The Morgan fingerprint density at radius 2 is 1.95 bits per heavy atom. The summed E-state index contributed by atoms with van der Waals surface area (Å²) in [6.45, 7) is 7.20. The zero-order chi connectivity index (χ0) is 14.3. The van der Waals surface area contributed by atoms with Gasteiger partial charge in [-0.05, 0) is 11.0 Å². The molecule has 2 heterocycles. The smallest absolute Gasteiger partial charge is 0.309 e. The van der Waals surface area contributed by atoms with Crippen molar-refractivity contribution in [1.82, 2.24) is 5.06 Å². The van der Waals surface area contributed by atoms with E-state index in [1.165, 1.54) is 5.56 Å². The van der Waals surface area contributed by atoms with E-state index in [1.54, 1.807) is 0 Å². The molecule has 20 heavy (non-hydrogen) atoms. The van der Waals surface area contributed by atoms with Gasteiger partial charge in [-0.15, -0.1) is 0 Å². The maximum absolute atomic E-state index is 11.5. The first-order valence-electron chi connectivity index (χ1n) is 7.12. The fraction of sp³-hybridized carbons (Fsp3) is 0.562. The van der Waals surface area contributed by atoms with E-state index < -0.39 is 0 Å². The topological polar surface area (TPSA) is 38.8 Å². The summed E-state index contributed by atoms with van der Waals surface area (Å²) in [6.07, 6.45) is 0.0874. The summed E-state index contributed by atoms with van der Waals surface area (Å²) < 4.78 is 5.49. The Labute approximate surface area is 119 Å². The van der Waals surface area contributed by atoms with Gasteiger partial charge in [0.05, 0.1) is 12.5 Å². The molecule has 108 valence electrons. The lowest BCUT2D eigenvalue weighted by atomic mass is 9.82. The van der Waals surface area contributed by atoms with Gasteiger partial charge in [-0.25, -0.2) is 0 Å². The number of ether oxygens (including phenoxy) is 1. The Morgan fingerprint density at radius 1 is 1.25 bits per heavy atom. The average Bonchev–Trinajstić information content (AvgIpc) is 2.84. The molecule has 0 spiro atoms. The van der Waals surface area contributed by atoms with Crippen molar-refractivity contribution in [2.24, 2.45) is 5.41 Å². The van der Waals surface area contributed by atoms with Crippen LogP contribution in [0.4, 0.5) is 0 Å². The number of hydroxylamine groups is 2. The Bertz CT molecular complexity index is 494. The zero-order valence-corrected chi connectivity index (χ0v) is 12.2. The molecule has 3 rings (SSSR count). The van der Waals surface area contributed by atoms with Crippen molar-refractivity contribution in [3.8, 4) is 0 Å². The molecule has 4 nitrogen and oxygen atoms in total. The number of fused-ring (bicyclic) bond motifs is 1. The number of rotatable bonds is 2. The van der Waals surface area contributed by atoms with Crippen molar-refractivity contribution in [2.75, 3.05) is 0 Å². The first-order chi connectivity index (χ1) is 9.45. The molecule has 0 aromatic heterocycles. The van der Waals surface area contributed by atoms with Gasteiger partial charge in [-0.3, -0.25) is 9.63 Å². The highest BCUT2D eigenvalue weighted by molar-refractivity contribution is 5.73. The second-order valence-corrected chi connectivity index (χ2v) is 6.67. The third-order valence-corrected chi connectivity index (χ3v) is 3.96. The van der Waals surface area contributed by atoms with Gasteiger partial charge in [0.1, 0.15) is 12.2 Å². The first kappa shape index (κ1) is 13.6. The SMILES string of the molecule is CC(C)(C)[C@@H]1[C@H]2OC(=O)C[C@H]2ON1Cc1ccccc1. The lowest BCUT2D eigenvalue weighted by Gasteiger charge is -2.35. The van der Waals surface area contributed by atoms with E-state index in [1.807, 2.05) is 23.3 Å². The van der Waals surface area contributed by atoms with Crippen LogP contribution in [0.5, 0.6) is 0 Å². The molecule has 1 aromatic carbocycles. The molecule has 2 fully saturated rings. The summed E-state index contributed by atoms with van der Waals surface area (Å²) in [6, 6.07) is 10.3. The molecule has 2 aliphatic rings. The summed E-state index contributed by atoms with van der Waals surface area (Å²) in [5.74, 6) is -0.145. The number of esters is 1. The Balaban J connectivity index is 1.82. The molecule has 0 bridgehead atoms. The number of benzene rings is 1. The van der Waals surface area contributed by atoms with Crippen molar-refractivity contribution in [1.29, 1.82) is 0 Å². The number of hydrogen-bond donors (Lipinski definition) is 0. The van der Waals surface area contributed by atoms with Crippen LogP contribution in [0.15, 0.2) is 30.3 Å². The van der Waals surface area contributed by atoms with Gasteiger partial charge in [0, 0.05) is 6.54 Å². The molecule has 3 atom stereocenters. The average molecular weight is 275 g/mol. The normalized spacial score (nSPS) is 30.4. The molecule has 0 unspecified atom stereocenters. The monoisotopic (exact) mass is 275 g/mol. The highest BCUT2D eigenvalue weighted by atomic mass is 16.7. The second-order valence-electron chi connectivity index (χ2n) is 6.67. The Hall–Kier alpha value is -1.39. The van der Waals surface area contributed by atoms with Gasteiger partial charge in [-0.1, -0.05) is 51.1 Å². The third-order valence-electron chi connectivity index (χ3n) is 3.96. The Morgan fingerprint density at radius 3 is 2.60 bits per heavy atom. The standard InChI is InChI=1S/C16H21NO3/c1-16(2,3)15-14-12(9-13(18)19-14)20-17(15)10-11-7-5-4-6-8-11/h4-8,12,14-15H,9-10H2,1-3H3/t12-,14+,15+/m1/s1. The third kappa shape index (κ3) is 2.45. The quantitative estimate of drug-likeness (QED) is 0.778. The molecular weight excluding hydrogens is 254 g/mol. The molecule has 0 amide bonds. The van der Waals surface area contributed by atoms with E-state index in [4.69, 9.17) is 9.57 Å². The predicted octanol–water partition coefficient (Wildman–Crippen LogP) is 2.53. The highest BCUT2D eigenvalue weighted by Gasteiger charge is 2.54. The molecule has 4 heteroatoms. The van der Waals surface area contributed by atoms with Crippen molar-refractivity contribution in [2.45, 2.75) is 52.0 Å². The lowest BCUT2D eigenvalue weighted by Crippen LogP contribution is -2.45. The number of nitrogens with zero attached hydrogens (tertiary/aromatic N) is 1. The molecule has 0 radical (unpaired) electrons. The van der Waals surface area contributed by atoms with Crippen LogP contribution in [-0.2, 0) is 20.9 Å². The molecule has 2 saturated heterocycles. The van der Waals surface area contributed by atoms with E-state index >= 15 is 0 Å². The molecule has 1 aromatic rings.